The van der Waals surface area contributed by atoms with Crippen molar-refractivity contribution in [1.29, 1.82) is 0 Å². The molecular weight excluding hydrogens is 280 g/mol. The molecule has 0 unspecified atom stereocenters. The average molecular weight is 295 g/mol. The van der Waals surface area contributed by atoms with E-state index >= 15 is 0 Å². The maximum atomic E-state index is 5.97. The van der Waals surface area contributed by atoms with Gasteiger partial charge in [0.15, 0.2) is 11.6 Å². The SMILES string of the molecule is CC(C)c1nc(-c2cc(Br)ccc2N)n(C)n1. The predicted octanol–water partition coefficient (Wildman–Crippen LogP) is 2.95. The summed E-state index contributed by atoms with van der Waals surface area (Å²) in [5.74, 6) is 1.94. The largest absolute Gasteiger partial charge is 0.398 e. The lowest BCUT2D eigenvalue weighted by Crippen LogP contribution is -1.98. The van der Waals surface area contributed by atoms with Gasteiger partial charge in [-0.05, 0) is 18.2 Å². The second-order valence-electron chi connectivity index (χ2n) is 4.30. The maximum Gasteiger partial charge on any atom is 0.160 e. The molecule has 0 bridgehead atoms. The number of halogens is 1. The molecule has 0 radical (unpaired) electrons. The first kappa shape index (κ1) is 12.1. The minimum Gasteiger partial charge on any atom is -0.398 e. The van der Waals surface area contributed by atoms with Crippen LogP contribution in [-0.2, 0) is 7.05 Å². The van der Waals surface area contributed by atoms with E-state index in [1.807, 2.05) is 25.2 Å². The molecule has 0 aliphatic carbocycles. The summed E-state index contributed by atoms with van der Waals surface area (Å²) >= 11 is 3.44. The molecule has 2 N–H and O–H groups in total. The van der Waals surface area contributed by atoms with Crippen LogP contribution in [0.15, 0.2) is 22.7 Å². The zero-order valence-corrected chi connectivity index (χ0v) is 11.7. The van der Waals surface area contributed by atoms with Gasteiger partial charge >= 0.3 is 0 Å². The van der Waals surface area contributed by atoms with Gasteiger partial charge < -0.3 is 5.73 Å². The second kappa shape index (κ2) is 4.49. The topological polar surface area (TPSA) is 56.7 Å². The number of nitrogens with two attached hydrogens (primary N) is 1. The van der Waals surface area contributed by atoms with Gasteiger partial charge in [-0.15, -0.1) is 0 Å². The van der Waals surface area contributed by atoms with Crippen LogP contribution in [0.2, 0.25) is 0 Å². The molecule has 0 saturated carbocycles. The van der Waals surface area contributed by atoms with E-state index in [0.29, 0.717) is 11.6 Å². The van der Waals surface area contributed by atoms with Gasteiger partial charge in [0.2, 0.25) is 0 Å². The standard InChI is InChI=1S/C12H15BrN4/c1-7(2)11-15-12(17(3)16-11)9-6-8(13)4-5-10(9)14/h4-7H,14H2,1-3H3. The third kappa shape index (κ3) is 2.34. The molecule has 2 aromatic rings. The Balaban J connectivity index is 2.56. The molecule has 0 spiro atoms. The summed E-state index contributed by atoms with van der Waals surface area (Å²) in [6.45, 7) is 4.15. The average Bonchev–Trinajstić information content (AvgIpc) is 2.64. The van der Waals surface area contributed by atoms with Crippen molar-refractivity contribution in [2.24, 2.45) is 7.05 Å². The van der Waals surface area contributed by atoms with Crippen molar-refractivity contribution < 1.29 is 0 Å². The van der Waals surface area contributed by atoms with E-state index in [1.54, 1.807) is 4.68 Å². The molecule has 5 heteroatoms. The van der Waals surface area contributed by atoms with E-state index in [2.05, 4.69) is 39.9 Å². The first-order chi connectivity index (χ1) is 7.99. The Labute approximate surface area is 109 Å². The number of hydrogen-bond donors (Lipinski definition) is 1. The Morgan fingerprint density at radius 2 is 2.06 bits per heavy atom. The van der Waals surface area contributed by atoms with E-state index in [9.17, 15) is 0 Å². The Hall–Kier alpha value is -1.36. The van der Waals surface area contributed by atoms with Crippen molar-refractivity contribution in [2.75, 3.05) is 5.73 Å². The molecule has 90 valence electrons. The highest BCUT2D eigenvalue weighted by Crippen LogP contribution is 2.28. The third-order valence-corrected chi connectivity index (χ3v) is 3.05. The number of benzene rings is 1. The van der Waals surface area contributed by atoms with Gasteiger partial charge in [0.1, 0.15) is 0 Å². The number of aromatic nitrogens is 3. The Morgan fingerprint density at radius 1 is 1.35 bits per heavy atom. The van der Waals surface area contributed by atoms with Crippen LogP contribution in [0.1, 0.15) is 25.6 Å². The van der Waals surface area contributed by atoms with E-state index in [4.69, 9.17) is 5.73 Å². The predicted molar refractivity (Wildman–Crippen MR) is 72.6 cm³/mol. The second-order valence-corrected chi connectivity index (χ2v) is 5.22. The molecule has 2 rings (SSSR count). The molecule has 0 fully saturated rings. The fraction of sp³-hybridized carbons (Fsp3) is 0.333. The van der Waals surface area contributed by atoms with E-state index in [0.717, 1.165) is 21.7 Å². The van der Waals surface area contributed by atoms with Crippen molar-refractivity contribution >= 4 is 21.6 Å². The van der Waals surface area contributed by atoms with Crippen LogP contribution in [0.25, 0.3) is 11.4 Å². The molecule has 17 heavy (non-hydrogen) atoms. The number of anilines is 1. The van der Waals surface area contributed by atoms with Crippen molar-refractivity contribution in [2.45, 2.75) is 19.8 Å². The summed E-state index contributed by atoms with van der Waals surface area (Å²) in [6.07, 6.45) is 0. The van der Waals surface area contributed by atoms with Crippen LogP contribution < -0.4 is 5.73 Å². The molecule has 0 amide bonds. The summed E-state index contributed by atoms with van der Waals surface area (Å²) in [5, 5.41) is 4.39. The van der Waals surface area contributed by atoms with Gasteiger partial charge in [0, 0.05) is 28.7 Å². The number of rotatable bonds is 2. The van der Waals surface area contributed by atoms with E-state index in [1.165, 1.54) is 0 Å². The van der Waals surface area contributed by atoms with Crippen LogP contribution in [0.5, 0.6) is 0 Å². The van der Waals surface area contributed by atoms with Gasteiger partial charge in [-0.2, -0.15) is 5.10 Å². The molecule has 0 aliphatic rings. The third-order valence-electron chi connectivity index (χ3n) is 2.55. The molecule has 1 heterocycles. The molecule has 4 nitrogen and oxygen atoms in total. The summed E-state index contributed by atoms with van der Waals surface area (Å²) in [7, 11) is 1.88. The van der Waals surface area contributed by atoms with Crippen LogP contribution in [0.4, 0.5) is 5.69 Å². The normalized spacial score (nSPS) is 11.1. The van der Waals surface area contributed by atoms with Crippen LogP contribution >= 0.6 is 15.9 Å². The Bertz CT molecular complexity index is 545. The van der Waals surface area contributed by atoms with Gasteiger partial charge in [0.25, 0.3) is 0 Å². The Morgan fingerprint density at radius 3 is 2.65 bits per heavy atom. The highest BCUT2D eigenvalue weighted by atomic mass is 79.9. The Kier molecular flexibility index (Phi) is 3.19. The van der Waals surface area contributed by atoms with Crippen molar-refractivity contribution in [3.63, 3.8) is 0 Å². The summed E-state index contributed by atoms with van der Waals surface area (Å²) in [4.78, 5) is 4.53. The summed E-state index contributed by atoms with van der Waals surface area (Å²) < 4.78 is 2.75. The lowest BCUT2D eigenvalue weighted by molar-refractivity contribution is 0.712. The molecule has 0 atom stereocenters. The number of nitrogen functional groups attached to an aromatic ring is 1. The molecule has 0 saturated heterocycles. The zero-order chi connectivity index (χ0) is 12.6. The highest BCUT2D eigenvalue weighted by Gasteiger charge is 2.14. The molecule has 0 aliphatic heterocycles. The molecule has 1 aromatic heterocycles. The van der Waals surface area contributed by atoms with Gasteiger partial charge in [0.05, 0.1) is 0 Å². The zero-order valence-electron chi connectivity index (χ0n) is 10.1. The lowest BCUT2D eigenvalue weighted by atomic mass is 10.1. The van der Waals surface area contributed by atoms with Crippen LogP contribution in [0, 0.1) is 0 Å². The maximum absolute atomic E-state index is 5.97. The van der Waals surface area contributed by atoms with Crippen LogP contribution in [-0.4, -0.2) is 14.8 Å². The number of hydrogen-bond acceptors (Lipinski definition) is 3. The fourth-order valence-corrected chi connectivity index (χ4v) is 1.97. The molecular formula is C12H15BrN4. The van der Waals surface area contributed by atoms with E-state index < -0.39 is 0 Å². The lowest BCUT2D eigenvalue weighted by Gasteiger charge is -2.04. The van der Waals surface area contributed by atoms with Crippen molar-refractivity contribution in [1.82, 2.24) is 14.8 Å². The minimum atomic E-state index is 0.309. The first-order valence-electron chi connectivity index (χ1n) is 5.45. The van der Waals surface area contributed by atoms with Gasteiger partial charge in [-0.3, -0.25) is 0 Å². The van der Waals surface area contributed by atoms with Gasteiger partial charge in [-0.25, -0.2) is 9.67 Å². The van der Waals surface area contributed by atoms with Crippen molar-refractivity contribution in [3.05, 3.63) is 28.5 Å². The highest BCUT2D eigenvalue weighted by molar-refractivity contribution is 9.10. The van der Waals surface area contributed by atoms with Crippen molar-refractivity contribution in [3.8, 4) is 11.4 Å². The summed E-state index contributed by atoms with van der Waals surface area (Å²) in [6, 6.07) is 5.74. The minimum absolute atomic E-state index is 0.309. The molecule has 1 aromatic carbocycles. The van der Waals surface area contributed by atoms with E-state index in [-0.39, 0.29) is 0 Å². The smallest absolute Gasteiger partial charge is 0.160 e. The fourth-order valence-electron chi connectivity index (χ4n) is 1.61. The number of nitrogens with zero attached hydrogens (tertiary/aromatic N) is 3. The van der Waals surface area contributed by atoms with Gasteiger partial charge in [-0.1, -0.05) is 29.8 Å². The number of aryl methyl sites for hydroxylation is 1. The monoisotopic (exact) mass is 294 g/mol. The first-order valence-corrected chi connectivity index (χ1v) is 6.24. The summed E-state index contributed by atoms with van der Waals surface area (Å²) in [5.41, 5.74) is 7.59. The quantitative estimate of drug-likeness (QED) is 0.867. The van der Waals surface area contributed by atoms with Crippen LogP contribution in [0.3, 0.4) is 0 Å².